The summed E-state index contributed by atoms with van der Waals surface area (Å²) in [6.45, 7) is 64.4. The number of rotatable bonds is 26. The molecule has 0 N–H and O–H groups in total. The first-order valence-electron chi connectivity index (χ1n) is 21.0. The quantitative estimate of drug-likeness (QED) is 0.0616. The van der Waals surface area contributed by atoms with E-state index >= 15 is 0 Å². The standard InChI is InChI=1S/C34H92O10Si13/c1-30-31-45-35-34(50(14,15)40-56(26,27)43-53(20,21)37-47(6,7)8,51(16,17)41-57(28,29)44-54(22,23)38-48(9,10)11)33(2)32-49(12,13)39-55(24,25)42-52(18,19)36-46(3,4)5/h32H,30-31H2,1-29H3/b33-32+. The smallest absolute Gasteiger partial charge is 0.312 e. The van der Waals surface area contributed by atoms with Gasteiger partial charge in [-0.1, -0.05) is 19.0 Å². The van der Waals surface area contributed by atoms with Crippen LogP contribution >= 0.6 is 0 Å². The van der Waals surface area contributed by atoms with Crippen molar-refractivity contribution in [1.29, 1.82) is 0 Å². The third-order valence-corrected chi connectivity index (χ3v) is 55.9. The lowest BCUT2D eigenvalue weighted by Crippen LogP contribution is -2.77. The Hall–Kier alpha value is 2.16. The molecule has 0 aromatic rings. The van der Waals surface area contributed by atoms with Crippen LogP contribution in [0.5, 0.6) is 0 Å². The maximum Gasteiger partial charge on any atom is 0.312 e. The van der Waals surface area contributed by atoms with Crippen LogP contribution in [-0.2, 0) is 41.5 Å². The van der Waals surface area contributed by atoms with Gasteiger partial charge in [0.25, 0.3) is 0 Å². The summed E-state index contributed by atoms with van der Waals surface area (Å²) < 4.78 is 71.1. The van der Waals surface area contributed by atoms with E-state index in [0.29, 0.717) is 0 Å². The lowest BCUT2D eigenvalue weighted by atomic mass is 10.4. The van der Waals surface area contributed by atoms with Crippen LogP contribution in [0.2, 0.25) is 183 Å². The van der Waals surface area contributed by atoms with Crippen LogP contribution in [0.25, 0.3) is 0 Å². The van der Waals surface area contributed by atoms with E-state index < -0.39 is 106 Å². The zero-order chi connectivity index (χ0) is 46.0. The Balaban J connectivity index is 7.81. The van der Waals surface area contributed by atoms with E-state index in [-0.39, 0.29) is 9.76 Å². The van der Waals surface area contributed by atoms with E-state index in [4.69, 9.17) is 41.5 Å². The fourth-order valence-corrected chi connectivity index (χ4v) is 73.9. The molecule has 2 radical (unpaired) electrons. The van der Waals surface area contributed by atoms with Crippen molar-refractivity contribution >= 4 is 111 Å². The van der Waals surface area contributed by atoms with E-state index in [2.05, 4.69) is 196 Å². The molecule has 0 saturated carbocycles. The molecule has 0 aliphatic rings. The first-order valence-corrected chi connectivity index (χ1v) is 58.0. The zero-order valence-electron chi connectivity index (χ0n) is 42.6. The first-order chi connectivity index (χ1) is 24.6. The number of hydrogen-bond acceptors (Lipinski definition) is 10. The van der Waals surface area contributed by atoms with Crippen molar-refractivity contribution in [3.05, 3.63) is 11.3 Å². The van der Waals surface area contributed by atoms with Gasteiger partial charge in [-0.25, -0.2) is 0 Å². The zero-order valence-corrected chi connectivity index (χ0v) is 55.6. The summed E-state index contributed by atoms with van der Waals surface area (Å²) in [5.41, 5.74) is 3.55. The fraction of sp³-hybridized carbons (Fsp3) is 0.941. The Morgan fingerprint density at radius 1 is 0.404 bits per heavy atom. The summed E-state index contributed by atoms with van der Waals surface area (Å²) in [6.07, 6.45) is 1.02. The van der Waals surface area contributed by atoms with Gasteiger partial charge >= 0.3 is 51.4 Å². The second kappa shape index (κ2) is 20.1. The molecule has 0 aromatic heterocycles. The molecule has 0 bridgehead atoms. The van der Waals surface area contributed by atoms with Gasteiger partial charge in [0.05, 0.1) is 0 Å². The highest BCUT2D eigenvalue weighted by Crippen LogP contribution is 2.46. The molecule has 23 heteroatoms. The highest BCUT2D eigenvalue weighted by atomic mass is 28.5. The summed E-state index contributed by atoms with van der Waals surface area (Å²) >= 11 is 0. The molecule has 0 fully saturated rings. The Bertz CT molecular complexity index is 1260. The van der Waals surface area contributed by atoms with Crippen LogP contribution in [0.4, 0.5) is 0 Å². The predicted molar refractivity (Wildman–Crippen MR) is 276 cm³/mol. The van der Waals surface area contributed by atoms with Crippen LogP contribution in [-0.4, -0.2) is 116 Å². The fourth-order valence-electron chi connectivity index (χ4n) is 9.03. The second-order valence-electron chi connectivity index (χ2n) is 22.8. The Kier molecular flexibility index (Phi) is 20.9. The van der Waals surface area contributed by atoms with Gasteiger partial charge in [-0.15, -0.1) is 0 Å². The van der Waals surface area contributed by atoms with E-state index in [9.17, 15) is 0 Å². The third kappa shape index (κ3) is 22.1. The summed E-state index contributed by atoms with van der Waals surface area (Å²) in [4.78, 5) is -0.819. The molecule has 0 saturated heterocycles. The molecule has 0 aromatic carbocycles. The van der Waals surface area contributed by atoms with Gasteiger partial charge in [-0.05, 0) is 195 Å². The van der Waals surface area contributed by atoms with Crippen molar-refractivity contribution in [3.63, 3.8) is 0 Å². The highest BCUT2D eigenvalue weighted by molar-refractivity contribution is 7.02. The second-order valence-corrected chi connectivity index (χ2v) is 72.0. The summed E-state index contributed by atoms with van der Waals surface area (Å²) in [7, 11) is -29.5. The SMILES string of the molecule is CCC[Si]OC(/C(C)=C/[Si](C)(C)O[Si](C)(C)O[Si](C)(C)O[Si](C)(C)C)([Si](C)(C)O[Si](C)(C)O[Si](C)(C)O[Si](C)(C)C)[Si](C)(C)O[Si](C)(C)O[Si](C)(C)O[Si](C)(C)C. The molecule has 0 heterocycles. The van der Waals surface area contributed by atoms with Crippen molar-refractivity contribution in [2.24, 2.45) is 0 Å². The minimum atomic E-state index is -2.99. The lowest BCUT2D eigenvalue weighted by molar-refractivity contribution is 0.207. The normalized spacial score (nSPS) is 16.1. The highest BCUT2D eigenvalue weighted by Gasteiger charge is 2.65. The van der Waals surface area contributed by atoms with Crippen molar-refractivity contribution < 1.29 is 41.5 Å². The van der Waals surface area contributed by atoms with Gasteiger partial charge in [0, 0.05) is 0 Å². The average molecular weight is 1030 g/mol. The van der Waals surface area contributed by atoms with E-state index in [1.165, 1.54) is 0 Å². The summed E-state index contributed by atoms with van der Waals surface area (Å²) in [6, 6.07) is 0.953. The molecular formula is C34H92O10Si13. The van der Waals surface area contributed by atoms with Crippen molar-refractivity contribution in [2.75, 3.05) is 0 Å². The topological polar surface area (TPSA) is 92.3 Å². The van der Waals surface area contributed by atoms with Gasteiger partial charge in [-0.3, -0.25) is 0 Å². The van der Waals surface area contributed by atoms with E-state index in [1.54, 1.807) is 0 Å². The summed E-state index contributed by atoms with van der Waals surface area (Å²) in [5.74, 6) is 0. The van der Waals surface area contributed by atoms with Gasteiger partial charge in [0.1, 0.15) is 4.85 Å². The number of hydrogen-bond donors (Lipinski definition) is 0. The molecule has 10 nitrogen and oxygen atoms in total. The molecule has 0 aliphatic carbocycles. The van der Waals surface area contributed by atoms with E-state index in [1.807, 2.05) is 0 Å². The van der Waals surface area contributed by atoms with Crippen LogP contribution in [0, 0.1) is 0 Å². The monoisotopic (exact) mass is 1020 g/mol. The maximum absolute atomic E-state index is 7.62. The largest absolute Gasteiger partial charge is 0.437 e. The van der Waals surface area contributed by atoms with Gasteiger partial charge in [0.2, 0.25) is 34.7 Å². The van der Waals surface area contributed by atoms with Crippen LogP contribution in [0.3, 0.4) is 0 Å². The minimum absolute atomic E-state index is 0.272. The van der Waals surface area contributed by atoms with Crippen molar-refractivity contribution in [1.82, 2.24) is 0 Å². The van der Waals surface area contributed by atoms with Crippen LogP contribution in [0.1, 0.15) is 20.3 Å². The molecule has 0 rings (SSSR count). The molecule has 340 valence electrons. The lowest BCUT2D eigenvalue weighted by Gasteiger charge is -2.57. The maximum atomic E-state index is 7.62. The molecular weight excluding hydrogens is 933 g/mol. The van der Waals surface area contributed by atoms with Gasteiger partial charge in [0.15, 0.2) is 25.0 Å². The van der Waals surface area contributed by atoms with Crippen molar-refractivity contribution in [2.45, 2.75) is 208 Å². The Labute approximate surface area is 369 Å². The minimum Gasteiger partial charge on any atom is -0.437 e. The van der Waals surface area contributed by atoms with Crippen molar-refractivity contribution in [3.8, 4) is 0 Å². The molecule has 0 atom stereocenters. The molecule has 0 unspecified atom stereocenters. The average Bonchev–Trinajstić information content (AvgIpc) is 2.75. The Morgan fingerprint density at radius 3 is 0.930 bits per heavy atom. The molecule has 0 amide bonds. The molecule has 57 heavy (non-hydrogen) atoms. The molecule has 0 spiro atoms. The van der Waals surface area contributed by atoms with Crippen LogP contribution in [0.15, 0.2) is 11.3 Å². The van der Waals surface area contributed by atoms with E-state index in [0.717, 1.165) is 18.0 Å². The van der Waals surface area contributed by atoms with Crippen LogP contribution < -0.4 is 0 Å². The Morgan fingerprint density at radius 2 is 0.667 bits per heavy atom. The predicted octanol–water partition coefficient (Wildman–Crippen LogP) is 12.2. The van der Waals surface area contributed by atoms with Gasteiger partial charge < -0.3 is 41.5 Å². The third-order valence-electron chi connectivity index (χ3n) is 8.03. The molecule has 0 aliphatic heterocycles. The summed E-state index contributed by atoms with van der Waals surface area (Å²) in [5, 5.41) is 0. The first kappa shape index (κ1) is 59.2. The van der Waals surface area contributed by atoms with Gasteiger partial charge in [-0.2, -0.15) is 0 Å².